The van der Waals surface area contributed by atoms with Crippen LogP contribution in [0.2, 0.25) is 0 Å². The zero-order chi connectivity index (χ0) is 23.8. The van der Waals surface area contributed by atoms with E-state index in [-0.39, 0.29) is 23.7 Å². The predicted octanol–water partition coefficient (Wildman–Crippen LogP) is 4.48. The van der Waals surface area contributed by atoms with Crippen LogP contribution in [0.4, 0.5) is 0 Å². The Kier molecular flexibility index (Phi) is 5.87. The van der Waals surface area contributed by atoms with Gasteiger partial charge < -0.3 is 15.2 Å². The Hall–Kier alpha value is -3.41. The number of nitrogens with one attached hydrogen (secondary N) is 1. The first kappa shape index (κ1) is 22.8. The van der Waals surface area contributed by atoms with E-state index in [4.69, 9.17) is 4.74 Å². The lowest BCUT2D eigenvalue weighted by molar-refractivity contribution is -0.154. The third kappa shape index (κ3) is 4.30. The average Bonchev–Trinajstić information content (AvgIpc) is 3.27. The number of ether oxygens (including phenoxy) is 1. The number of esters is 1. The first-order chi connectivity index (χ1) is 15.6. The van der Waals surface area contributed by atoms with Crippen LogP contribution in [0.25, 0.3) is 16.9 Å². The van der Waals surface area contributed by atoms with Gasteiger partial charge in [0.1, 0.15) is 23.5 Å². The van der Waals surface area contributed by atoms with Crippen molar-refractivity contribution in [2.24, 2.45) is 0 Å². The summed E-state index contributed by atoms with van der Waals surface area (Å²) in [7, 11) is 0. The van der Waals surface area contributed by atoms with Crippen LogP contribution in [0, 0.1) is 0 Å². The molecule has 172 valence electrons. The second-order valence-electron chi connectivity index (χ2n) is 9.74. The molecule has 0 bridgehead atoms. The summed E-state index contributed by atoms with van der Waals surface area (Å²) in [4.78, 5) is 38.7. The molecule has 0 atom stereocenters. The highest BCUT2D eigenvalue weighted by Crippen LogP contribution is 2.50. The number of fused-ring (bicyclic) bond motifs is 2. The Morgan fingerprint density at radius 1 is 1.03 bits per heavy atom. The number of ketones is 1. The van der Waals surface area contributed by atoms with E-state index >= 15 is 0 Å². The fourth-order valence-electron chi connectivity index (χ4n) is 4.88. The maximum absolute atomic E-state index is 13.6. The van der Waals surface area contributed by atoms with E-state index < -0.39 is 22.9 Å². The molecule has 0 aliphatic heterocycles. The fraction of sp³-hybridized carbons (Fsp3) is 0.370. The van der Waals surface area contributed by atoms with Crippen molar-refractivity contribution in [3.05, 3.63) is 65.2 Å². The molecule has 0 aromatic heterocycles. The lowest BCUT2D eigenvalue weighted by Crippen LogP contribution is -2.44. The van der Waals surface area contributed by atoms with E-state index in [2.05, 4.69) is 5.32 Å². The lowest BCUT2D eigenvalue weighted by Gasteiger charge is -2.35. The number of aliphatic hydroxyl groups is 1. The number of carbonyl (C=O) groups excluding carboxylic acids is 3. The quantitative estimate of drug-likeness (QED) is 0.533. The predicted molar refractivity (Wildman–Crippen MR) is 125 cm³/mol. The zero-order valence-electron chi connectivity index (χ0n) is 19.2. The van der Waals surface area contributed by atoms with Crippen molar-refractivity contribution in [1.82, 2.24) is 5.32 Å². The van der Waals surface area contributed by atoms with E-state index in [1.54, 1.807) is 20.8 Å². The van der Waals surface area contributed by atoms with E-state index in [1.165, 1.54) is 0 Å². The molecule has 4 rings (SSSR count). The topological polar surface area (TPSA) is 92.7 Å². The normalized spacial score (nSPS) is 17.1. The van der Waals surface area contributed by atoms with E-state index in [1.807, 2.05) is 48.5 Å². The van der Waals surface area contributed by atoms with E-state index in [0.717, 1.165) is 29.5 Å². The minimum absolute atomic E-state index is 0.279. The Bertz CT molecular complexity index is 1130. The first-order valence-electron chi connectivity index (χ1n) is 11.3. The third-order valence-electron chi connectivity index (χ3n) is 6.29. The third-order valence-corrected chi connectivity index (χ3v) is 6.29. The van der Waals surface area contributed by atoms with Crippen molar-refractivity contribution in [1.29, 1.82) is 0 Å². The van der Waals surface area contributed by atoms with Gasteiger partial charge in [0.25, 0.3) is 5.91 Å². The van der Waals surface area contributed by atoms with Crippen molar-refractivity contribution in [2.45, 2.75) is 57.5 Å². The van der Waals surface area contributed by atoms with Crippen molar-refractivity contribution in [2.75, 3.05) is 6.54 Å². The second kappa shape index (κ2) is 8.50. The Balaban J connectivity index is 1.72. The minimum atomic E-state index is -0.824. The molecule has 2 aromatic carbocycles. The molecule has 6 heteroatoms. The van der Waals surface area contributed by atoms with Crippen LogP contribution in [0.3, 0.4) is 0 Å². The number of carbonyl (C=O) groups is 3. The number of amides is 1. The van der Waals surface area contributed by atoms with Gasteiger partial charge in [-0.25, -0.2) is 0 Å². The summed E-state index contributed by atoms with van der Waals surface area (Å²) in [5.41, 5.74) is 1.34. The number of hydrogen-bond acceptors (Lipinski definition) is 5. The van der Waals surface area contributed by atoms with Gasteiger partial charge in [0.05, 0.1) is 5.41 Å². The Morgan fingerprint density at radius 3 is 2.33 bits per heavy atom. The first-order valence-corrected chi connectivity index (χ1v) is 11.3. The maximum Gasteiger partial charge on any atom is 0.325 e. The van der Waals surface area contributed by atoms with Gasteiger partial charge in [0.15, 0.2) is 5.78 Å². The number of rotatable bonds is 4. The SMILES string of the molecule is CC(C)(C)OC(=O)CNC(=O)C1=C(O)c2cc(-c3ccccc3)ccc2C2(CCCC2)C1=O. The summed E-state index contributed by atoms with van der Waals surface area (Å²) in [6, 6.07) is 15.4. The average molecular weight is 448 g/mol. The van der Waals surface area contributed by atoms with Gasteiger partial charge in [-0.2, -0.15) is 0 Å². The molecule has 0 unspecified atom stereocenters. The van der Waals surface area contributed by atoms with Gasteiger partial charge in [-0.15, -0.1) is 0 Å². The molecule has 2 aliphatic carbocycles. The maximum atomic E-state index is 13.6. The molecule has 1 fully saturated rings. The summed E-state index contributed by atoms with van der Waals surface area (Å²) in [5, 5.41) is 13.6. The number of hydrogen-bond donors (Lipinski definition) is 2. The highest BCUT2D eigenvalue weighted by atomic mass is 16.6. The van der Waals surface area contributed by atoms with Crippen LogP contribution in [-0.4, -0.2) is 34.9 Å². The Labute approximate surface area is 193 Å². The van der Waals surface area contributed by atoms with Crippen molar-refractivity contribution in [3.63, 3.8) is 0 Å². The molecule has 2 aliphatic rings. The van der Waals surface area contributed by atoms with Gasteiger partial charge in [-0.05, 0) is 56.4 Å². The van der Waals surface area contributed by atoms with Crippen LogP contribution in [0.1, 0.15) is 57.6 Å². The molecular formula is C27H29NO5. The van der Waals surface area contributed by atoms with Crippen LogP contribution in [0.5, 0.6) is 0 Å². The molecule has 0 radical (unpaired) electrons. The molecule has 2 N–H and O–H groups in total. The van der Waals surface area contributed by atoms with Gasteiger partial charge >= 0.3 is 5.97 Å². The minimum Gasteiger partial charge on any atom is -0.506 e. The van der Waals surface area contributed by atoms with Crippen molar-refractivity contribution < 1.29 is 24.2 Å². The second-order valence-corrected chi connectivity index (χ2v) is 9.74. The van der Waals surface area contributed by atoms with Crippen LogP contribution < -0.4 is 5.32 Å². The summed E-state index contributed by atoms with van der Waals surface area (Å²) in [6.07, 6.45) is 3.00. The largest absolute Gasteiger partial charge is 0.506 e. The van der Waals surface area contributed by atoms with Gasteiger partial charge in [-0.1, -0.05) is 55.3 Å². The highest BCUT2D eigenvalue weighted by Gasteiger charge is 2.50. The standard InChI is InChI=1S/C27H29NO5/c1-26(2,3)33-21(29)16-28-25(32)22-23(30)19-15-18(17-9-5-4-6-10-17)11-12-20(19)27(24(22)31)13-7-8-14-27/h4-6,9-12,15,30H,7-8,13-14,16H2,1-3H3,(H,28,32). The molecular weight excluding hydrogens is 418 g/mol. The van der Waals surface area contributed by atoms with Gasteiger partial charge in [0.2, 0.25) is 0 Å². The Morgan fingerprint density at radius 2 is 1.70 bits per heavy atom. The molecule has 0 heterocycles. The molecule has 2 aromatic rings. The van der Waals surface area contributed by atoms with Gasteiger partial charge in [0, 0.05) is 5.56 Å². The van der Waals surface area contributed by atoms with Crippen LogP contribution >= 0.6 is 0 Å². The molecule has 1 spiro atoms. The van der Waals surface area contributed by atoms with Crippen LogP contribution in [0.15, 0.2) is 54.1 Å². The number of Topliss-reactive ketones (excluding diaryl/α,β-unsaturated/α-hetero) is 1. The molecule has 33 heavy (non-hydrogen) atoms. The lowest BCUT2D eigenvalue weighted by atomic mass is 9.67. The number of aliphatic hydroxyl groups excluding tert-OH is 1. The van der Waals surface area contributed by atoms with Crippen LogP contribution in [-0.2, 0) is 24.5 Å². The highest BCUT2D eigenvalue weighted by molar-refractivity contribution is 6.28. The van der Waals surface area contributed by atoms with Gasteiger partial charge in [-0.3, -0.25) is 14.4 Å². The summed E-state index contributed by atoms with van der Waals surface area (Å²) in [6.45, 7) is 4.81. The smallest absolute Gasteiger partial charge is 0.325 e. The van der Waals surface area contributed by atoms with E-state index in [0.29, 0.717) is 18.4 Å². The fourth-order valence-corrected chi connectivity index (χ4v) is 4.88. The molecule has 1 amide bonds. The number of benzene rings is 2. The molecule has 0 saturated heterocycles. The molecule has 1 saturated carbocycles. The monoisotopic (exact) mass is 447 g/mol. The summed E-state index contributed by atoms with van der Waals surface area (Å²) >= 11 is 0. The van der Waals surface area contributed by atoms with Crippen molar-refractivity contribution in [3.8, 4) is 11.1 Å². The molecule has 6 nitrogen and oxygen atoms in total. The van der Waals surface area contributed by atoms with E-state index in [9.17, 15) is 19.5 Å². The van der Waals surface area contributed by atoms with Crippen molar-refractivity contribution >= 4 is 23.4 Å². The zero-order valence-corrected chi connectivity index (χ0v) is 19.2. The summed E-state index contributed by atoms with van der Waals surface area (Å²) in [5.74, 6) is -2.09. The summed E-state index contributed by atoms with van der Waals surface area (Å²) < 4.78 is 5.23.